The van der Waals surface area contributed by atoms with E-state index in [4.69, 9.17) is 4.74 Å². The van der Waals surface area contributed by atoms with Crippen LogP contribution in [0.3, 0.4) is 0 Å². The van der Waals surface area contributed by atoms with E-state index in [0.717, 1.165) is 51.1 Å². The third-order valence-corrected chi connectivity index (χ3v) is 5.10. The highest BCUT2D eigenvalue weighted by Crippen LogP contribution is 2.22. The Morgan fingerprint density at radius 1 is 1.21 bits per heavy atom. The van der Waals surface area contributed by atoms with Crippen molar-refractivity contribution in [2.24, 2.45) is 0 Å². The second kappa shape index (κ2) is 6.91. The van der Waals surface area contributed by atoms with E-state index in [9.17, 15) is 4.79 Å². The van der Waals surface area contributed by atoms with Crippen LogP contribution in [0.15, 0.2) is 30.6 Å². The first kappa shape index (κ1) is 15.6. The number of aromatic nitrogens is 2. The molecule has 2 aromatic heterocycles. The van der Waals surface area contributed by atoms with Gasteiger partial charge in [0.25, 0.3) is 0 Å². The number of likely N-dealkylation sites (tertiary alicyclic amines) is 1. The van der Waals surface area contributed by atoms with E-state index >= 15 is 0 Å². The first-order valence-electron chi connectivity index (χ1n) is 8.84. The largest absolute Gasteiger partial charge is 0.378 e. The van der Waals surface area contributed by atoms with Crippen LogP contribution in [0, 0.1) is 0 Å². The van der Waals surface area contributed by atoms with Crippen molar-refractivity contribution < 1.29 is 9.53 Å². The van der Waals surface area contributed by atoms with Gasteiger partial charge in [0.15, 0.2) is 0 Å². The summed E-state index contributed by atoms with van der Waals surface area (Å²) in [6, 6.07) is 6.17. The molecule has 2 aliphatic rings. The molecular formula is C18H24N4O2. The molecular weight excluding hydrogens is 304 g/mol. The number of rotatable bonds is 3. The van der Waals surface area contributed by atoms with Crippen molar-refractivity contribution in [2.75, 3.05) is 32.8 Å². The molecule has 0 aliphatic carbocycles. The van der Waals surface area contributed by atoms with Gasteiger partial charge in [-0.3, -0.25) is 9.69 Å². The molecule has 24 heavy (non-hydrogen) atoms. The van der Waals surface area contributed by atoms with Crippen molar-refractivity contribution in [1.29, 1.82) is 0 Å². The monoisotopic (exact) mass is 328 g/mol. The minimum Gasteiger partial charge on any atom is -0.378 e. The van der Waals surface area contributed by atoms with Crippen molar-refractivity contribution in [1.82, 2.24) is 19.2 Å². The second-order valence-electron chi connectivity index (χ2n) is 6.59. The van der Waals surface area contributed by atoms with Gasteiger partial charge in [0.05, 0.1) is 19.3 Å². The lowest BCUT2D eigenvalue weighted by atomic mass is 10.00. The second-order valence-corrected chi connectivity index (χ2v) is 6.59. The van der Waals surface area contributed by atoms with Crippen LogP contribution in [0.1, 0.15) is 25.0 Å². The normalized spacial score (nSPS) is 22.8. The van der Waals surface area contributed by atoms with Gasteiger partial charge in [-0.1, -0.05) is 12.5 Å². The SMILES string of the molecule is O=C([C@H]1CCCCN1Cc1cccc2nccn12)N1CCOCC1. The number of amides is 1. The number of hydrogen-bond donors (Lipinski definition) is 0. The topological polar surface area (TPSA) is 50.1 Å². The molecule has 2 aromatic rings. The first-order valence-corrected chi connectivity index (χ1v) is 8.84. The molecule has 0 aromatic carbocycles. The molecule has 6 nitrogen and oxygen atoms in total. The Kier molecular flexibility index (Phi) is 4.49. The van der Waals surface area contributed by atoms with E-state index in [0.29, 0.717) is 13.2 Å². The smallest absolute Gasteiger partial charge is 0.240 e. The van der Waals surface area contributed by atoms with Crippen LogP contribution in [-0.4, -0.2) is 64.0 Å². The number of imidazole rings is 1. The standard InChI is InChI=1S/C18H24N4O2/c23-18(20-10-12-24-13-11-20)16-5-1-2-8-21(16)14-15-4-3-6-17-19-7-9-22(15)17/h3-4,6-7,9,16H,1-2,5,8,10-14H2/t16-/m1/s1. The fourth-order valence-electron chi connectivity index (χ4n) is 3.80. The lowest BCUT2D eigenvalue weighted by molar-refractivity contribution is -0.142. The Balaban J connectivity index is 1.53. The van der Waals surface area contributed by atoms with Gasteiger partial charge in [-0.25, -0.2) is 4.98 Å². The van der Waals surface area contributed by atoms with Crippen LogP contribution < -0.4 is 0 Å². The van der Waals surface area contributed by atoms with Gasteiger partial charge in [-0.05, 0) is 31.5 Å². The third kappa shape index (κ3) is 3.03. The van der Waals surface area contributed by atoms with E-state index in [1.165, 1.54) is 5.69 Å². The summed E-state index contributed by atoms with van der Waals surface area (Å²) < 4.78 is 7.50. The Hall–Kier alpha value is -1.92. The zero-order valence-corrected chi connectivity index (χ0v) is 13.9. The summed E-state index contributed by atoms with van der Waals surface area (Å²) in [6.07, 6.45) is 7.06. The molecule has 128 valence electrons. The molecule has 2 saturated heterocycles. The minimum atomic E-state index is -0.00405. The molecule has 1 amide bonds. The summed E-state index contributed by atoms with van der Waals surface area (Å²) in [6.45, 7) is 4.53. The average Bonchev–Trinajstić information content (AvgIpc) is 3.12. The number of hydrogen-bond acceptors (Lipinski definition) is 4. The van der Waals surface area contributed by atoms with E-state index in [1.54, 1.807) is 0 Å². The lowest BCUT2D eigenvalue weighted by Crippen LogP contribution is -2.53. The molecule has 0 radical (unpaired) electrons. The van der Waals surface area contributed by atoms with Gasteiger partial charge in [-0.15, -0.1) is 0 Å². The van der Waals surface area contributed by atoms with Gasteiger partial charge < -0.3 is 14.0 Å². The number of carbonyl (C=O) groups excluding carboxylic acids is 1. The third-order valence-electron chi connectivity index (χ3n) is 5.10. The molecule has 0 saturated carbocycles. The highest BCUT2D eigenvalue weighted by Gasteiger charge is 2.32. The number of pyridine rings is 1. The van der Waals surface area contributed by atoms with Crippen LogP contribution >= 0.6 is 0 Å². The van der Waals surface area contributed by atoms with E-state index in [1.807, 2.05) is 29.4 Å². The van der Waals surface area contributed by atoms with Crippen LogP contribution in [0.2, 0.25) is 0 Å². The maximum Gasteiger partial charge on any atom is 0.240 e. The summed E-state index contributed by atoms with van der Waals surface area (Å²) in [7, 11) is 0. The van der Waals surface area contributed by atoms with Crippen LogP contribution in [0.5, 0.6) is 0 Å². The number of ether oxygens (including phenoxy) is 1. The van der Waals surface area contributed by atoms with Crippen molar-refractivity contribution in [3.63, 3.8) is 0 Å². The first-order chi connectivity index (χ1) is 11.8. The van der Waals surface area contributed by atoms with Crippen LogP contribution in [0.25, 0.3) is 5.65 Å². The molecule has 0 bridgehead atoms. The van der Waals surface area contributed by atoms with Crippen molar-refractivity contribution >= 4 is 11.6 Å². The zero-order chi connectivity index (χ0) is 16.4. The van der Waals surface area contributed by atoms with Crippen molar-refractivity contribution in [3.05, 3.63) is 36.3 Å². The fraction of sp³-hybridized carbons (Fsp3) is 0.556. The number of nitrogens with zero attached hydrogens (tertiary/aromatic N) is 4. The van der Waals surface area contributed by atoms with Crippen molar-refractivity contribution in [2.45, 2.75) is 31.8 Å². The Bertz CT molecular complexity index is 708. The molecule has 2 aliphatic heterocycles. The molecule has 0 unspecified atom stereocenters. The van der Waals surface area contributed by atoms with E-state index in [-0.39, 0.29) is 11.9 Å². The van der Waals surface area contributed by atoms with Gasteiger partial charge >= 0.3 is 0 Å². The minimum absolute atomic E-state index is 0.00405. The van der Waals surface area contributed by atoms with Gasteiger partial charge in [0, 0.05) is 37.7 Å². The Morgan fingerprint density at radius 2 is 2.08 bits per heavy atom. The molecule has 0 N–H and O–H groups in total. The molecule has 4 rings (SSSR count). The van der Waals surface area contributed by atoms with Crippen molar-refractivity contribution in [3.8, 4) is 0 Å². The fourth-order valence-corrected chi connectivity index (χ4v) is 3.80. The average molecular weight is 328 g/mol. The molecule has 0 spiro atoms. The number of fused-ring (bicyclic) bond motifs is 1. The number of piperidine rings is 1. The van der Waals surface area contributed by atoms with Gasteiger partial charge in [0.2, 0.25) is 5.91 Å². The predicted octanol–water partition coefficient (Wildman–Crippen LogP) is 1.55. The predicted molar refractivity (Wildman–Crippen MR) is 90.6 cm³/mol. The van der Waals surface area contributed by atoms with E-state index in [2.05, 4.69) is 20.4 Å². The van der Waals surface area contributed by atoms with Crippen LogP contribution in [0.4, 0.5) is 0 Å². The molecule has 2 fully saturated rings. The lowest BCUT2D eigenvalue weighted by Gasteiger charge is -2.38. The maximum atomic E-state index is 13.0. The molecule has 1 atom stereocenters. The van der Waals surface area contributed by atoms with E-state index < -0.39 is 0 Å². The summed E-state index contributed by atoms with van der Waals surface area (Å²) in [5.41, 5.74) is 2.15. The highest BCUT2D eigenvalue weighted by molar-refractivity contribution is 5.82. The highest BCUT2D eigenvalue weighted by atomic mass is 16.5. The van der Waals surface area contributed by atoms with Gasteiger partial charge in [0.1, 0.15) is 5.65 Å². The number of carbonyl (C=O) groups is 1. The maximum absolute atomic E-state index is 13.0. The molecule has 4 heterocycles. The Morgan fingerprint density at radius 3 is 2.96 bits per heavy atom. The van der Waals surface area contributed by atoms with Gasteiger partial charge in [-0.2, -0.15) is 0 Å². The zero-order valence-electron chi connectivity index (χ0n) is 13.9. The summed E-state index contributed by atoms with van der Waals surface area (Å²) in [5.74, 6) is 0.274. The Labute approximate surface area is 142 Å². The molecule has 6 heteroatoms. The number of morpholine rings is 1. The summed E-state index contributed by atoms with van der Waals surface area (Å²) >= 11 is 0. The summed E-state index contributed by atoms with van der Waals surface area (Å²) in [5, 5.41) is 0. The quantitative estimate of drug-likeness (QED) is 0.858. The summed E-state index contributed by atoms with van der Waals surface area (Å²) in [4.78, 5) is 21.7. The van der Waals surface area contributed by atoms with Crippen LogP contribution in [-0.2, 0) is 16.1 Å².